The average molecular weight is 252 g/mol. The Kier molecular flexibility index (Phi) is 3.04. The average Bonchev–Trinajstić information content (AvgIpc) is 2.21. The fourth-order valence-corrected chi connectivity index (χ4v) is 3.81. The first kappa shape index (κ1) is 14.2. The summed E-state index contributed by atoms with van der Waals surface area (Å²) in [6, 6.07) is 0. The summed E-state index contributed by atoms with van der Waals surface area (Å²) >= 11 is 0. The third kappa shape index (κ3) is 1.63. The summed E-state index contributed by atoms with van der Waals surface area (Å²) in [5.74, 6) is -0.509. The Labute approximate surface area is 117 Å². The number of hydrogen-bond donors (Lipinski definition) is 0. The Morgan fingerprint density at radius 2 is 1.33 bits per heavy atom. The molecule has 2 unspecified atom stereocenters. The highest BCUT2D eigenvalue weighted by Gasteiger charge is 2.57. The third-order valence-electron chi connectivity index (χ3n) is 7.00. The molecule has 0 saturated carbocycles. The number of rotatable bonds is 0. The first-order valence-corrected chi connectivity index (χ1v) is 7.25. The van der Waals surface area contributed by atoms with Crippen LogP contribution >= 0.6 is 0 Å². The molecule has 1 aliphatic carbocycles. The van der Waals surface area contributed by atoms with Crippen molar-refractivity contribution in [2.24, 2.45) is 27.6 Å². The fourth-order valence-electron chi connectivity index (χ4n) is 3.81. The Morgan fingerprint density at radius 3 is 1.67 bits per heavy atom. The maximum atomic E-state index is 9.28. The van der Waals surface area contributed by atoms with Crippen LogP contribution in [-0.4, -0.2) is 0 Å². The van der Waals surface area contributed by atoms with Gasteiger partial charge in [-0.05, 0) is 41.4 Å². The first-order valence-electron chi connectivity index (χ1n) is 7.75. The van der Waals surface area contributed by atoms with Crippen LogP contribution in [0.25, 0.3) is 0 Å². The van der Waals surface area contributed by atoms with Gasteiger partial charge in [0.2, 0.25) is 0 Å². The lowest BCUT2D eigenvalue weighted by Gasteiger charge is -2.62. The Morgan fingerprint density at radius 1 is 0.944 bits per heavy atom. The van der Waals surface area contributed by atoms with E-state index in [9.17, 15) is 1.37 Å². The van der Waals surface area contributed by atoms with Crippen molar-refractivity contribution in [1.82, 2.24) is 0 Å². The lowest BCUT2D eigenvalue weighted by molar-refractivity contribution is -0.0598. The minimum atomic E-state index is -0.509. The predicted octanol–water partition coefficient (Wildman–Crippen LogP) is 6.08. The molecule has 0 saturated heterocycles. The molecule has 0 heteroatoms. The topological polar surface area (TPSA) is 0 Å². The highest BCUT2D eigenvalue weighted by Crippen LogP contribution is 2.66. The van der Waals surface area contributed by atoms with Crippen LogP contribution in [0.1, 0.15) is 77.5 Å². The van der Waals surface area contributed by atoms with Gasteiger partial charge in [-0.15, -0.1) is 0 Å². The van der Waals surface area contributed by atoms with Crippen LogP contribution in [0.5, 0.6) is 0 Å². The van der Waals surface area contributed by atoms with Gasteiger partial charge in [-0.2, -0.15) is 0 Å². The lowest BCUT2D eigenvalue weighted by atomic mass is 9.42. The second-order valence-electron chi connectivity index (χ2n) is 8.50. The van der Waals surface area contributed by atoms with Crippen molar-refractivity contribution in [3.63, 3.8) is 0 Å². The zero-order valence-electron chi connectivity index (χ0n) is 15.5. The van der Waals surface area contributed by atoms with Crippen molar-refractivity contribution >= 4 is 0 Å². The standard InChI is InChI=1S/C18H34/c1-12-13(2)18(11,15(4,5)6)14(3)17(9,10)16(12,7)8/h14H,1-11H3/i14T. The molecular formula is C18H34. The monoisotopic (exact) mass is 252 g/mol. The summed E-state index contributed by atoms with van der Waals surface area (Å²) in [6.07, 6.45) is 0. The van der Waals surface area contributed by atoms with Gasteiger partial charge in [0.1, 0.15) is 0 Å². The largest absolute Gasteiger partial charge is 0.0676 e. The molecule has 0 radical (unpaired) electrons. The van der Waals surface area contributed by atoms with Gasteiger partial charge in [-0.1, -0.05) is 73.5 Å². The molecule has 0 heterocycles. The van der Waals surface area contributed by atoms with Crippen molar-refractivity contribution in [3.05, 3.63) is 11.1 Å². The van der Waals surface area contributed by atoms with Crippen LogP contribution in [0.4, 0.5) is 0 Å². The van der Waals surface area contributed by atoms with Crippen molar-refractivity contribution in [1.29, 1.82) is 0 Å². The van der Waals surface area contributed by atoms with Gasteiger partial charge in [0.15, 0.2) is 0 Å². The van der Waals surface area contributed by atoms with E-state index in [1.165, 1.54) is 11.1 Å². The molecule has 0 nitrogen and oxygen atoms in total. The smallest absolute Gasteiger partial charge is 0.0315 e. The fraction of sp³-hybridized carbons (Fsp3) is 0.889. The van der Waals surface area contributed by atoms with Crippen molar-refractivity contribution < 1.29 is 1.37 Å². The molecule has 106 valence electrons. The van der Waals surface area contributed by atoms with Crippen molar-refractivity contribution in [3.8, 4) is 0 Å². The minimum absolute atomic E-state index is 0.0539. The Hall–Kier alpha value is -0.260. The van der Waals surface area contributed by atoms with Crippen LogP contribution < -0.4 is 0 Å². The van der Waals surface area contributed by atoms with E-state index >= 15 is 0 Å². The molecule has 1 rings (SSSR count). The Balaban J connectivity index is 3.83. The molecule has 0 aromatic heterocycles. The van der Waals surface area contributed by atoms with E-state index in [0.29, 0.717) is 0 Å². The summed E-state index contributed by atoms with van der Waals surface area (Å²) in [5, 5.41) is 0. The van der Waals surface area contributed by atoms with E-state index in [1.807, 2.05) is 0 Å². The van der Waals surface area contributed by atoms with Crippen LogP contribution in [-0.2, 0) is 0 Å². The maximum absolute atomic E-state index is 9.28. The molecule has 0 fully saturated rings. The molecule has 18 heavy (non-hydrogen) atoms. The summed E-state index contributed by atoms with van der Waals surface area (Å²) < 4.78 is 9.28. The lowest BCUT2D eigenvalue weighted by Crippen LogP contribution is -2.55. The van der Waals surface area contributed by atoms with E-state index in [4.69, 9.17) is 0 Å². The number of hydrogen-bond acceptors (Lipinski definition) is 0. The highest BCUT2D eigenvalue weighted by atomic mass is 14.6. The first-order chi connectivity index (χ1) is 8.07. The van der Waals surface area contributed by atoms with E-state index < -0.39 is 5.89 Å². The highest BCUT2D eigenvalue weighted by molar-refractivity contribution is 5.33. The van der Waals surface area contributed by atoms with Crippen LogP contribution in [0.3, 0.4) is 0 Å². The van der Waals surface area contributed by atoms with Crippen LogP contribution in [0, 0.1) is 27.6 Å². The Bertz CT molecular complexity index is 415. The van der Waals surface area contributed by atoms with Gasteiger partial charge >= 0.3 is 0 Å². The van der Waals surface area contributed by atoms with Gasteiger partial charge in [0, 0.05) is 1.37 Å². The molecule has 0 amide bonds. The normalized spacial score (nSPS) is 40.7. The third-order valence-corrected chi connectivity index (χ3v) is 7.00. The van der Waals surface area contributed by atoms with Gasteiger partial charge in [-0.3, -0.25) is 0 Å². The maximum Gasteiger partial charge on any atom is 0.0315 e. The number of allylic oxidation sites excluding steroid dienone is 2. The van der Waals surface area contributed by atoms with Gasteiger partial charge in [0.05, 0.1) is 0 Å². The predicted molar refractivity (Wildman–Crippen MR) is 82.7 cm³/mol. The summed E-state index contributed by atoms with van der Waals surface area (Å²) in [6.45, 7) is 25.0. The zero-order chi connectivity index (χ0) is 15.7. The molecule has 0 aromatic carbocycles. The molecule has 0 bridgehead atoms. The van der Waals surface area contributed by atoms with Gasteiger partial charge < -0.3 is 0 Å². The van der Waals surface area contributed by atoms with E-state index in [2.05, 4.69) is 76.2 Å². The quantitative estimate of drug-likeness (QED) is 0.458. The van der Waals surface area contributed by atoms with Crippen LogP contribution in [0.2, 0.25) is 0 Å². The SMILES string of the molecule is [3H]C1(C)C(C)(C)C(C)(C)C(C)=C(C)C1(C)C(C)(C)C. The van der Waals surface area contributed by atoms with Crippen molar-refractivity contribution in [2.45, 2.75) is 76.2 Å². The summed E-state index contributed by atoms with van der Waals surface area (Å²) in [7, 11) is 0. The van der Waals surface area contributed by atoms with Crippen molar-refractivity contribution in [2.75, 3.05) is 0 Å². The van der Waals surface area contributed by atoms with E-state index in [-0.39, 0.29) is 21.7 Å². The molecule has 0 aliphatic heterocycles. The molecule has 2 atom stereocenters. The second kappa shape index (κ2) is 3.87. The van der Waals surface area contributed by atoms with Gasteiger partial charge in [-0.25, -0.2) is 0 Å². The molecular weight excluding hydrogens is 216 g/mol. The van der Waals surface area contributed by atoms with Gasteiger partial charge in [0.25, 0.3) is 0 Å². The molecule has 0 spiro atoms. The zero-order valence-corrected chi connectivity index (χ0v) is 14.5. The summed E-state index contributed by atoms with van der Waals surface area (Å²) in [5.41, 5.74) is 2.82. The minimum Gasteiger partial charge on any atom is -0.0676 e. The second-order valence-corrected chi connectivity index (χ2v) is 8.50. The van der Waals surface area contributed by atoms with E-state index in [1.54, 1.807) is 0 Å². The molecule has 1 aliphatic rings. The molecule has 0 N–H and O–H groups in total. The summed E-state index contributed by atoms with van der Waals surface area (Å²) in [4.78, 5) is 0. The van der Waals surface area contributed by atoms with E-state index in [0.717, 1.165) is 0 Å². The van der Waals surface area contributed by atoms with Crippen LogP contribution in [0.15, 0.2) is 11.1 Å². The molecule has 0 aromatic rings.